The van der Waals surface area contributed by atoms with Crippen LogP contribution in [-0.4, -0.2) is 31.6 Å². The molecule has 7 nitrogen and oxygen atoms in total. The average Bonchev–Trinajstić information content (AvgIpc) is 3.08. The highest BCUT2D eigenvalue weighted by molar-refractivity contribution is 9.10. The van der Waals surface area contributed by atoms with E-state index in [0.29, 0.717) is 5.56 Å². The normalized spacial score (nSPS) is 15.1. The van der Waals surface area contributed by atoms with Gasteiger partial charge in [0.15, 0.2) is 11.5 Å². The summed E-state index contributed by atoms with van der Waals surface area (Å²) in [5.41, 5.74) is 1.30. The molecule has 174 valence electrons. The number of hydrogen-bond donors (Lipinski definition) is 0. The fourth-order valence-electron chi connectivity index (χ4n) is 3.16. The van der Waals surface area contributed by atoms with E-state index in [1.165, 1.54) is 42.4 Å². The van der Waals surface area contributed by atoms with Gasteiger partial charge in [-0.05, 0) is 65.4 Å². The molecule has 1 aliphatic rings. The van der Waals surface area contributed by atoms with Gasteiger partial charge in [-0.2, -0.15) is 8.42 Å². The molecule has 2 amide bonds. The van der Waals surface area contributed by atoms with Crippen molar-refractivity contribution < 1.29 is 26.9 Å². The topological polar surface area (TPSA) is 90.0 Å². The zero-order valence-corrected chi connectivity index (χ0v) is 21.0. The lowest BCUT2D eigenvalue weighted by Crippen LogP contribution is -2.27. The average molecular weight is 560 g/mol. The summed E-state index contributed by atoms with van der Waals surface area (Å²) >= 11 is 4.18. The van der Waals surface area contributed by atoms with Gasteiger partial charge >= 0.3 is 10.1 Å². The van der Waals surface area contributed by atoms with Crippen LogP contribution < -0.4 is 8.92 Å². The third-order valence-electron chi connectivity index (χ3n) is 4.84. The number of imide groups is 1. The number of benzene rings is 3. The van der Waals surface area contributed by atoms with Gasteiger partial charge in [0.1, 0.15) is 4.90 Å². The Labute approximate surface area is 209 Å². The van der Waals surface area contributed by atoms with Gasteiger partial charge in [0.05, 0.1) is 18.6 Å². The van der Waals surface area contributed by atoms with E-state index in [2.05, 4.69) is 15.9 Å². The van der Waals surface area contributed by atoms with Crippen molar-refractivity contribution in [3.8, 4) is 11.5 Å². The maximum Gasteiger partial charge on any atom is 0.339 e. The predicted molar refractivity (Wildman–Crippen MR) is 133 cm³/mol. The van der Waals surface area contributed by atoms with E-state index < -0.39 is 16.0 Å². The quantitative estimate of drug-likeness (QED) is 0.280. The van der Waals surface area contributed by atoms with Crippen LogP contribution >= 0.6 is 27.7 Å². The fourth-order valence-corrected chi connectivity index (χ4v) is 5.22. The molecule has 0 saturated carbocycles. The molecule has 0 aromatic heterocycles. The molecule has 34 heavy (non-hydrogen) atoms. The number of amides is 2. The Bertz CT molecular complexity index is 1370. The maximum absolute atomic E-state index is 12.9. The second-order valence-electron chi connectivity index (χ2n) is 7.16. The SMILES string of the molecule is COc1ccc(/C=C2\SC(=O)N(Cc3ccc(Br)cc3)C2=O)cc1OS(=O)(=O)c1ccccc1. The molecular weight excluding hydrogens is 542 g/mol. The summed E-state index contributed by atoms with van der Waals surface area (Å²) in [6.07, 6.45) is 1.52. The van der Waals surface area contributed by atoms with E-state index >= 15 is 0 Å². The Morgan fingerprint density at radius 3 is 2.35 bits per heavy atom. The number of thioether (sulfide) groups is 1. The zero-order chi connectivity index (χ0) is 24.3. The van der Waals surface area contributed by atoms with E-state index in [4.69, 9.17) is 8.92 Å². The molecule has 1 fully saturated rings. The van der Waals surface area contributed by atoms with Crippen molar-refractivity contribution in [3.63, 3.8) is 0 Å². The molecule has 4 rings (SSSR count). The van der Waals surface area contributed by atoms with Crippen LogP contribution in [0.15, 0.2) is 87.1 Å². The number of hydrogen-bond acceptors (Lipinski definition) is 7. The van der Waals surface area contributed by atoms with Gasteiger partial charge in [0.25, 0.3) is 11.1 Å². The number of carbonyl (C=O) groups is 2. The number of carbonyl (C=O) groups excluding carboxylic acids is 2. The van der Waals surface area contributed by atoms with Crippen LogP contribution in [0.4, 0.5) is 4.79 Å². The number of ether oxygens (including phenoxy) is 1. The van der Waals surface area contributed by atoms with Gasteiger partial charge in [-0.25, -0.2) is 0 Å². The highest BCUT2D eigenvalue weighted by atomic mass is 79.9. The van der Waals surface area contributed by atoms with Crippen molar-refractivity contribution in [3.05, 3.63) is 93.3 Å². The van der Waals surface area contributed by atoms with E-state index in [0.717, 1.165) is 21.8 Å². The Hall–Kier alpha value is -3.08. The maximum atomic E-state index is 12.9. The lowest BCUT2D eigenvalue weighted by Gasteiger charge is -2.12. The molecule has 0 N–H and O–H groups in total. The molecule has 0 unspecified atom stereocenters. The van der Waals surface area contributed by atoms with Crippen LogP contribution in [0.2, 0.25) is 0 Å². The zero-order valence-electron chi connectivity index (χ0n) is 17.8. The minimum atomic E-state index is -4.09. The molecule has 3 aromatic rings. The van der Waals surface area contributed by atoms with Crippen LogP contribution in [-0.2, 0) is 21.5 Å². The van der Waals surface area contributed by atoms with E-state index in [-0.39, 0.29) is 33.1 Å². The largest absolute Gasteiger partial charge is 0.493 e. The first-order valence-electron chi connectivity index (χ1n) is 9.94. The molecule has 0 radical (unpaired) electrons. The minimum absolute atomic E-state index is 0.00322. The lowest BCUT2D eigenvalue weighted by atomic mass is 10.1. The monoisotopic (exact) mass is 559 g/mol. The first-order valence-corrected chi connectivity index (χ1v) is 13.0. The summed E-state index contributed by atoms with van der Waals surface area (Å²) in [4.78, 5) is 26.7. The smallest absolute Gasteiger partial charge is 0.339 e. The first-order chi connectivity index (χ1) is 16.3. The number of rotatable bonds is 7. The molecule has 3 aromatic carbocycles. The number of methoxy groups -OCH3 is 1. The van der Waals surface area contributed by atoms with Gasteiger partial charge in [0.2, 0.25) is 0 Å². The Balaban J connectivity index is 1.59. The van der Waals surface area contributed by atoms with Crippen LogP contribution in [0.25, 0.3) is 6.08 Å². The van der Waals surface area contributed by atoms with E-state index in [1.54, 1.807) is 24.3 Å². The molecule has 0 atom stereocenters. The molecular formula is C24H18BrNO6S2. The van der Waals surface area contributed by atoms with Gasteiger partial charge < -0.3 is 8.92 Å². The molecule has 1 heterocycles. The Kier molecular flexibility index (Phi) is 7.11. The summed E-state index contributed by atoms with van der Waals surface area (Å²) in [7, 11) is -2.70. The van der Waals surface area contributed by atoms with Crippen LogP contribution in [0.1, 0.15) is 11.1 Å². The summed E-state index contributed by atoms with van der Waals surface area (Å²) in [6.45, 7) is 0.154. The van der Waals surface area contributed by atoms with Crippen LogP contribution in [0.3, 0.4) is 0 Å². The van der Waals surface area contributed by atoms with Gasteiger partial charge in [-0.3, -0.25) is 14.5 Å². The van der Waals surface area contributed by atoms with Crippen molar-refractivity contribution in [2.24, 2.45) is 0 Å². The molecule has 0 bridgehead atoms. The summed E-state index contributed by atoms with van der Waals surface area (Å²) in [5, 5.41) is -0.379. The molecule has 1 saturated heterocycles. The van der Waals surface area contributed by atoms with Crippen LogP contribution in [0, 0.1) is 0 Å². The van der Waals surface area contributed by atoms with E-state index in [9.17, 15) is 18.0 Å². The van der Waals surface area contributed by atoms with Crippen molar-refractivity contribution in [2.45, 2.75) is 11.4 Å². The second-order valence-corrected chi connectivity index (χ2v) is 10.6. The standard InChI is InChI=1S/C24H18BrNO6S2/c1-31-20-12-9-17(13-21(20)32-34(29,30)19-5-3-2-4-6-19)14-22-23(27)26(24(28)33-22)15-16-7-10-18(25)11-8-16/h2-14H,15H2,1H3/b22-14-. The first kappa shape index (κ1) is 24.1. The summed E-state index contributed by atoms with van der Waals surface area (Å²) < 4.78 is 36.8. The van der Waals surface area contributed by atoms with Crippen LogP contribution in [0.5, 0.6) is 11.5 Å². The third kappa shape index (κ3) is 5.35. The predicted octanol–water partition coefficient (Wildman–Crippen LogP) is 5.46. The molecule has 1 aliphatic heterocycles. The van der Waals surface area contributed by atoms with E-state index in [1.807, 2.05) is 24.3 Å². The van der Waals surface area contributed by atoms with Crippen molar-refractivity contribution in [1.29, 1.82) is 0 Å². The lowest BCUT2D eigenvalue weighted by molar-refractivity contribution is -0.123. The third-order valence-corrected chi connectivity index (χ3v) is 7.53. The molecule has 10 heteroatoms. The Morgan fingerprint density at radius 2 is 1.68 bits per heavy atom. The van der Waals surface area contributed by atoms with Crippen molar-refractivity contribution in [2.75, 3.05) is 7.11 Å². The van der Waals surface area contributed by atoms with Gasteiger partial charge in [-0.15, -0.1) is 0 Å². The van der Waals surface area contributed by atoms with Crippen molar-refractivity contribution >= 4 is 55.0 Å². The summed E-state index contributed by atoms with van der Waals surface area (Å²) in [5.74, 6) is -0.248. The Morgan fingerprint density at radius 1 is 0.971 bits per heavy atom. The highest BCUT2D eigenvalue weighted by Crippen LogP contribution is 2.36. The number of nitrogens with zero attached hydrogens (tertiary/aromatic N) is 1. The van der Waals surface area contributed by atoms with Crippen molar-refractivity contribution in [1.82, 2.24) is 4.90 Å². The summed E-state index contributed by atoms with van der Waals surface area (Å²) in [6, 6.07) is 19.7. The fraction of sp³-hybridized carbons (Fsp3) is 0.0833. The minimum Gasteiger partial charge on any atom is -0.493 e. The van der Waals surface area contributed by atoms with Gasteiger partial charge in [0, 0.05) is 4.47 Å². The number of halogens is 1. The molecule has 0 aliphatic carbocycles. The second kappa shape index (κ2) is 10.0. The highest BCUT2D eigenvalue weighted by Gasteiger charge is 2.35. The molecule has 0 spiro atoms. The van der Waals surface area contributed by atoms with Gasteiger partial charge in [-0.1, -0.05) is 52.3 Å².